The number of benzene rings is 1. The SMILES string of the molecule is CC(NC(=O)Cc1ccc(CN)cc1)C1CCOC1. The van der Waals surface area contributed by atoms with Crippen molar-refractivity contribution in [3.63, 3.8) is 0 Å². The Morgan fingerprint density at radius 2 is 2.11 bits per heavy atom. The summed E-state index contributed by atoms with van der Waals surface area (Å²) in [5.74, 6) is 0.517. The van der Waals surface area contributed by atoms with Crippen molar-refractivity contribution in [3.05, 3.63) is 35.4 Å². The molecule has 1 heterocycles. The highest BCUT2D eigenvalue weighted by Crippen LogP contribution is 2.16. The smallest absolute Gasteiger partial charge is 0.224 e. The van der Waals surface area contributed by atoms with Crippen molar-refractivity contribution in [1.82, 2.24) is 5.32 Å². The number of carbonyl (C=O) groups excluding carboxylic acids is 1. The van der Waals surface area contributed by atoms with E-state index in [1.54, 1.807) is 0 Å². The number of ether oxygens (including phenoxy) is 1. The second-order valence-electron chi connectivity index (χ2n) is 5.18. The monoisotopic (exact) mass is 262 g/mol. The first-order valence-corrected chi connectivity index (χ1v) is 6.84. The average molecular weight is 262 g/mol. The Labute approximate surface area is 114 Å². The minimum atomic E-state index is 0.0694. The third kappa shape index (κ3) is 4.04. The van der Waals surface area contributed by atoms with Crippen LogP contribution in [0.4, 0.5) is 0 Å². The lowest BCUT2D eigenvalue weighted by Gasteiger charge is -2.19. The first kappa shape index (κ1) is 14.0. The zero-order valence-electron chi connectivity index (χ0n) is 11.4. The predicted octanol–water partition coefficient (Wildman–Crippen LogP) is 1.23. The maximum atomic E-state index is 12.0. The summed E-state index contributed by atoms with van der Waals surface area (Å²) in [6.07, 6.45) is 1.45. The third-order valence-corrected chi connectivity index (χ3v) is 3.68. The van der Waals surface area contributed by atoms with Crippen LogP contribution in [0.3, 0.4) is 0 Å². The molecule has 0 saturated carbocycles. The molecule has 0 radical (unpaired) electrons. The van der Waals surface area contributed by atoms with Crippen molar-refractivity contribution in [2.24, 2.45) is 11.7 Å². The summed E-state index contributed by atoms with van der Waals surface area (Å²) in [6.45, 7) is 4.15. The maximum absolute atomic E-state index is 12.0. The minimum Gasteiger partial charge on any atom is -0.381 e. The van der Waals surface area contributed by atoms with E-state index in [2.05, 4.69) is 12.2 Å². The Morgan fingerprint density at radius 1 is 1.42 bits per heavy atom. The lowest BCUT2D eigenvalue weighted by atomic mass is 10.0. The van der Waals surface area contributed by atoms with E-state index in [-0.39, 0.29) is 11.9 Å². The number of rotatable bonds is 5. The van der Waals surface area contributed by atoms with Crippen LogP contribution in [0.15, 0.2) is 24.3 Å². The molecule has 0 spiro atoms. The van der Waals surface area contributed by atoms with Gasteiger partial charge in [0.1, 0.15) is 0 Å². The molecule has 0 bridgehead atoms. The molecule has 1 aromatic rings. The summed E-state index contributed by atoms with van der Waals surface area (Å²) >= 11 is 0. The molecule has 0 aromatic heterocycles. The largest absolute Gasteiger partial charge is 0.381 e. The van der Waals surface area contributed by atoms with Crippen LogP contribution in [0.5, 0.6) is 0 Å². The molecule has 0 aliphatic carbocycles. The molecule has 1 aromatic carbocycles. The lowest BCUT2D eigenvalue weighted by molar-refractivity contribution is -0.121. The Kier molecular flexibility index (Phi) is 4.93. The van der Waals surface area contributed by atoms with Crippen molar-refractivity contribution in [2.75, 3.05) is 13.2 Å². The standard InChI is InChI=1S/C15H22N2O2/c1-11(14-6-7-19-10-14)17-15(18)8-12-2-4-13(9-16)5-3-12/h2-5,11,14H,6-10,16H2,1H3,(H,17,18). The fourth-order valence-electron chi connectivity index (χ4n) is 2.35. The number of nitrogens with one attached hydrogen (secondary N) is 1. The molecule has 1 fully saturated rings. The number of hydrogen-bond acceptors (Lipinski definition) is 3. The molecule has 19 heavy (non-hydrogen) atoms. The molecule has 4 nitrogen and oxygen atoms in total. The summed E-state index contributed by atoms with van der Waals surface area (Å²) in [4.78, 5) is 12.0. The molecular formula is C15H22N2O2. The highest BCUT2D eigenvalue weighted by molar-refractivity contribution is 5.78. The van der Waals surface area contributed by atoms with E-state index < -0.39 is 0 Å². The summed E-state index contributed by atoms with van der Waals surface area (Å²) < 4.78 is 5.34. The van der Waals surface area contributed by atoms with Crippen molar-refractivity contribution >= 4 is 5.91 Å². The second kappa shape index (κ2) is 6.68. The molecule has 104 valence electrons. The van der Waals surface area contributed by atoms with Crippen molar-refractivity contribution in [1.29, 1.82) is 0 Å². The maximum Gasteiger partial charge on any atom is 0.224 e. The van der Waals surface area contributed by atoms with Gasteiger partial charge < -0.3 is 15.8 Å². The highest BCUT2D eigenvalue weighted by Gasteiger charge is 2.23. The van der Waals surface area contributed by atoms with E-state index in [0.717, 1.165) is 30.8 Å². The van der Waals surface area contributed by atoms with E-state index in [4.69, 9.17) is 10.5 Å². The van der Waals surface area contributed by atoms with Gasteiger partial charge in [0.15, 0.2) is 0 Å². The molecule has 3 N–H and O–H groups in total. The summed E-state index contributed by atoms with van der Waals surface area (Å²) in [5, 5.41) is 3.06. The molecular weight excluding hydrogens is 240 g/mol. The lowest BCUT2D eigenvalue weighted by Crippen LogP contribution is -2.39. The van der Waals surface area contributed by atoms with E-state index >= 15 is 0 Å². The Balaban J connectivity index is 1.82. The molecule has 2 atom stereocenters. The Hall–Kier alpha value is -1.39. The van der Waals surface area contributed by atoms with Crippen LogP contribution in [0.2, 0.25) is 0 Å². The molecule has 4 heteroatoms. The summed E-state index contributed by atoms with van der Waals surface area (Å²) in [7, 11) is 0. The summed E-state index contributed by atoms with van der Waals surface area (Å²) in [6, 6.07) is 8.04. The Bertz CT molecular complexity index is 411. The Morgan fingerprint density at radius 3 is 2.68 bits per heavy atom. The molecule has 1 saturated heterocycles. The predicted molar refractivity (Wildman–Crippen MR) is 74.6 cm³/mol. The first-order chi connectivity index (χ1) is 9.19. The van der Waals surface area contributed by atoms with Crippen LogP contribution in [-0.4, -0.2) is 25.2 Å². The fourth-order valence-corrected chi connectivity index (χ4v) is 2.35. The second-order valence-corrected chi connectivity index (χ2v) is 5.18. The van der Waals surface area contributed by atoms with Gasteiger partial charge in [0, 0.05) is 25.1 Å². The van der Waals surface area contributed by atoms with Gasteiger partial charge in [-0.25, -0.2) is 0 Å². The first-order valence-electron chi connectivity index (χ1n) is 6.84. The van der Waals surface area contributed by atoms with Gasteiger partial charge in [-0.3, -0.25) is 4.79 Å². The zero-order valence-corrected chi connectivity index (χ0v) is 11.4. The molecule has 1 aliphatic rings. The number of nitrogens with two attached hydrogens (primary N) is 1. The van der Waals surface area contributed by atoms with Crippen molar-refractivity contribution < 1.29 is 9.53 Å². The van der Waals surface area contributed by atoms with E-state index in [0.29, 0.717) is 18.9 Å². The number of amides is 1. The van der Waals surface area contributed by atoms with Gasteiger partial charge in [-0.2, -0.15) is 0 Å². The quantitative estimate of drug-likeness (QED) is 0.839. The van der Waals surface area contributed by atoms with Crippen LogP contribution in [0, 0.1) is 5.92 Å². The van der Waals surface area contributed by atoms with E-state index in [9.17, 15) is 4.79 Å². The topological polar surface area (TPSA) is 64.4 Å². The molecule has 1 amide bonds. The zero-order chi connectivity index (χ0) is 13.7. The van der Waals surface area contributed by atoms with Gasteiger partial charge in [0.25, 0.3) is 0 Å². The normalized spacial score (nSPS) is 20.2. The van der Waals surface area contributed by atoms with Crippen molar-refractivity contribution in [2.45, 2.75) is 32.4 Å². The van der Waals surface area contributed by atoms with Gasteiger partial charge in [-0.15, -0.1) is 0 Å². The average Bonchev–Trinajstić information content (AvgIpc) is 2.93. The van der Waals surface area contributed by atoms with Crippen LogP contribution in [0.25, 0.3) is 0 Å². The van der Waals surface area contributed by atoms with Crippen LogP contribution in [0.1, 0.15) is 24.5 Å². The van der Waals surface area contributed by atoms with Gasteiger partial charge in [-0.1, -0.05) is 24.3 Å². The number of carbonyl (C=O) groups is 1. The van der Waals surface area contributed by atoms with E-state index in [1.807, 2.05) is 24.3 Å². The molecule has 2 rings (SSSR count). The van der Waals surface area contributed by atoms with Crippen LogP contribution in [-0.2, 0) is 22.5 Å². The third-order valence-electron chi connectivity index (χ3n) is 3.68. The van der Waals surface area contributed by atoms with Crippen LogP contribution < -0.4 is 11.1 Å². The number of hydrogen-bond donors (Lipinski definition) is 2. The van der Waals surface area contributed by atoms with Crippen molar-refractivity contribution in [3.8, 4) is 0 Å². The van der Waals surface area contributed by atoms with Crippen LogP contribution >= 0.6 is 0 Å². The minimum absolute atomic E-state index is 0.0694. The van der Waals surface area contributed by atoms with Gasteiger partial charge in [-0.05, 0) is 24.5 Å². The van der Waals surface area contributed by atoms with Gasteiger partial charge >= 0.3 is 0 Å². The molecule has 2 unspecified atom stereocenters. The molecule has 1 aliphatic heterocycles. The van der Waals surface area contributed by atoms with Gasteiger partial charge in [0.2, 0.25) is 5.91 Å². The summed E-state index contributed by atoms with van der Waals surface area (Å²) in [5.41, 5.74) is 7.65. The fraction of sp³-hybridized carbons (Fsp3) is 0.533. The van der Waals surface area contributed by atoms with E-state index in [1.165, 1.54) is 0 Å². The van der Waals surface area contributed by atoms with Gasteiger partial charge in [0.05, 0.1) is 13.0 Å². The highest BCUT2D eigenvalue weighted by atomic mass is 16.5.